The molecular formula is C20H22N6O2. The lowest BCUT2D eigenvalue weighted by molar-refractivity contribution is 0.0947. The van der Waals surface area contributed by atoms with E-state index in [4.69, 9.17) is 4.42 Å². The summed E-state index contributed by atoms with van der Waals surface area (Å²) in [5.41, 5.74) is 2.36. The Morgan fingerprint density at radius 1 is 1.11 bits per heavy atom. The van der Waals surface area contributed by atoms with Crippen molar-refractivity contribution < 1.29 is 9.21 Å². The lowest BCUT2D eigenvalue weighted by Gasteiger charge is -2.27. The number of carbonyl (C=O) groups excluding carboxylic acids is 1. The SMILES string of the molecule is Cc1nnc(CNC(=O)c2ccc(-c3cc(N4CCCCC4)ncn3)cc2)o1. The van der Waals surface area contributed by atoms with E-state index in [1.165, 1.54) is 19.3 Å². The van der Waals surface area contributed by atoms with Gasteiger partial charge in [0.15, 0.2) is 0 Å². The average molecular weight is 378 g/mol. The number of aromatic nitrogens is 4. The van der Waals surface area contributed by atoms with E-state index in [9.17, 15) is 4.79 Å². The van der Waals surface area contributed by atoms with Gasteiger partial charge in [-0.2, -0.15) is 0 Å². The van der Waals surface area contributed by atoms with Gasteiger partial charge in [-0.05, 0) is 31.4 Å². The minimum atomic E-state index is -0.195. The number of nitrogens with one attached hydrogen (secondary N) is 1. The van der Waals surface area contributed by atoms with Crippen molar-refractivity contribution in [1.29, 1.82) is 0 Å². The van der Waals surface area contributed by atoms with Gasteiger partial charge in [0, 0.05) is 37.2 Å². The first-order chi connectivity index (χ1) is 13.7. The van der Waals surface area contributed by atoms with Gasteiger partial charge in [-0.15, -0.1) is 10.2 Å². The second kappa shape index (κ2) is 8.16. The van der Waals surface area contributed by atoms with Crippen LogP contribution in [0.5, 0.6) is 0 Å². The van der Waals surface area contributed by atoms with Gasteiger partial charge in [-0.1, -0.05) is 12.1 Å². The Hall–Kier alpha value is -3.29. The number of rotatable bonds is 5. The Morgan fingerprint density at radius 3 is 2.61 bits per heavy atom. The smallest absolute Gasteiger partial charge is 0.251 e. The number of anilines is 1. The highest BCUT2D eigenvalue weighted by molar-refractivity contribution is 5.94. The molecule has 3 aromatic rings. The van der Waals surface area contributed by atoms with Crippen molar-refractivity contribution >= 4 is 11.7 Å². The van der Waals surface area contributed by atoms with Crippen LogP contribution in [0.1, 0.15) is 41.4 Å². The van der Waals surface area contributed by atoms with Crippen LogP contribution >= 0.6 is 0 Å². The van der Waals surface area contributed by atoms with Crippen molar-refractivity contribution in [2.45, 2.75) is 32.7 Å². The summed E-state index contributed by atoms with van der Waals surface area (Å²) < 4.78 is 5.25. The van der Waals surface area contributed by atoms with E-state index in [1.807, 2.05) is 18.2 Å². The number of amides is 1. The van der Waals surface area contributed by atoms with Crippen LogP contribution in [0.25, 0.3) is 11.3 Å². The molecule has 8 heteroatoms. The van der Waals surface area contributed by atoms with Crippen LogP contribution < -0.4 is 10.2 Å². The van der Waals surface area contributed by atoms with Crippen LogP contribution in [0.3, 0.4) is 0 Å². The lowest BCUT2D eigenvalue weighted by Crippen LogP contribution is -2.30. The molecule has 1 aromatic carbocycles. The summed E-state index contributed by atoms with van der Waals surface area (Å²) in [4.78, 5) is 23.4. The van der Waals surface area contributed by atoms with E-state index in [2.05, 4.69) is 30.4 Å². The molecule has 0 radical (unpaired) electrons. The largest absolute Gasteiger partial charge is 0.424 e. The summed E-state index contributed by atoms with van der Waals surface area (Å²) in [5, 5.41) is 10.4. The van der Waals surface area contributed by atoms with Crippen molar-refractivity contribution in [3.8, 4) is 11.3 Å². The van der Waals surface area contributed by atoms with E-state index in [-0.39, 0.29) is 12.5 Å². The number of aryl methyl sites for hydroxylation is 1. The topological polar surface area (TPSA) is 97.0 Å². The quantitative estimate of drug-likeness (QED) is 0.729. The van der Waals surface area contributed by atoms with E-state index in [1.54, 1.807) is 25.4 Å². The fourth-order valence-electron chi connectivity index (χ4n) is 3.26. The molecule has 8 nitrogen and oxygen atoms in total. The molecule has 1 saturated heterocycles. The molecule has 1 aliphatic rings. The molecule has 28 heavy (non-hydrogen) atoms. The second-order valence-electron chi connectivity index (χ2n) is 6.78. The van der Waals surface area contributed by atoms with Gasteiger partial charge >= 0.3 is 0 Å². The van der Waals surface area contributed by atoms with Crippen LogP contribution in [-0.2, 0) is 6.54 Å². The fraction of sp³-hybridized carbons (Fsp3) is 0.350. The zero-order valence-corrected chi connectivity index (χ0v) is 15.8. The minimum Gasteiger partial charge on any atom is -0.424 e. The molecule has 0 bridgehead atoms. The molecule has 1 fully saturated rings. The molecule has 0 spiro atoms. The predicted octanol–water partition coefficient (Wildman–Crippen LogP) is 2.76. The highest BCUT2D eigenvalue weighted by Gasteiger charge is 2.14. The Labute approximate surface area is 163 Å². The Kier molecular flexibility index (Phi) is 5.27. The first-order valence-corrected chi connectivity index (χ1v) is 9.44. The number of benzene rings is 1. The van der Waals surface area contributed by atoms with Crippen LogP contribution in [0, 0.1) is 6.92 Å². The molecule has 0 aliphatic carbocycles. The molecular weight excluding hydrogens is 356 g/mol. The molecule has 144 valence electrons. The van der Waals surface area contributed by atoms with Crippen molar-refractivity contribution in [2.75, 3.05) is 18.0 Å². The summed E-state index contributed by atoms with van der Waals surface area (Å²) >= 11 is 0. The molecule has 0 unspecified atom stereocenters. The van der Waals surface area contributed by atoms with Crippen molar-refractivity contribution in [1.82, 2.24) is 25.5 Å². The van der Waals surface area contributed by atoms with Gasteiger partial charge in [0.25, 0.3) is 5.91 Å². The van der Waals surface area contributed by atoms with E-state index >= 15 is 0 Å². The zero-order valence-electron chi connectivity index (χ0n) is 15.8. The monoisotopic (exact) mass is 378 g/mol. The summed E-state index contributed by atoms with van der Waals surface area (Å²) in [6.45, 7) is 3.98. The molecule has 2 aromatic heterocycles. The highest BCUT2D eigenvalue weighted by atomic mass is 16.4. The first kappa shape index (κ1) is 18.1. The van der Waals surface area contributed by atoms with Gasteiger partial charge in [0.2, 0.25) is 11.8 Å². The van der Waals surface area contributed by atoms with Gasteiger partial charge in [0.1, 0.15) is 12.1 Å². The van der Waals surface area contributed by atoms with Gasteiger partial charge in [-0.3, -0.25) is 4.79 Å². The summed E-state index contributed by atoms with van der Waals surface area (Å²) in [6, 6.07) is 9.37. The number of carbonyl (C=O) groups is 1. The molecule has 1 N–H and O–H groups in total. The van der Waals surface area contributed by atoms with Gasteiger partial charge in [0.05, 0.1) is 12.2 Å². The summed E-state index contributed by atoms with van der Waals surface area (Å²) in [5.74, 6) is 1.62. The maximum absolute atomic E-state index is 12.3. The van der Waals surface area contributed by atoms with Crippen molar-refractivity contribution in [3.63, 3.8) is 0 Å². The molecule has 1 amide bonds. The molecule has 0 saturated carbocycles. The van der Waals surface area contributed by atoms with Gasteiger partial charge in [-0.25, -0.2) is 9.97 Å². The van der Waals surface area contributed by atoms with Crippen molar-refractivity contribution in [3.05, 3.63) is 54.0 Å². The maximum atomic E-state index is 12.3. The molecule has 4 rings (SSSR count). The zero-order chi connectivity index (χ0) is 19.3. The standard InChI is InChI=1S/C20H22N6O2/c1-14-24-25-19(28-14)12-21-20(27)16-7-5-15(6-8-16)17-11-18(23-13-22-17)26-9-3-2-4-10-26/h5-8,11,13H,2-4,9-10,12H2,1H3,(H,21,27). The number of hydrogen-bond acceptors (Lipinski definition) is 7. The fourth-order valence-corrected chi connectivity index (χ4v) is 3.26. The van der Waals surface area contributed by atoms with Gasteiger partial charge < -0.3 is 14.6 Å². The maximum Gasteiger partial charge on any atom is 0.251 e. The third kappa shape index (κ3) is 4.16. The number of hydrogen-bond donors (Lipinski definition) is 1. The lowest BCUT2D eigenvalue weighted by atomic mass is 10.1. The van der Waals surface area contributed by atoms with E-state index in [0.29, 0.717) is 17.3 Å². The van der Waals surface area contributed by atoms with Crippen LogP contribution in [0.4, 0.5) is 5.82 Å². The Balaban J connectivity index is 1.43. The molecule has 3 heterocycles. The molecule has 1 aliphatic heterocycles. The normalized spacial score (nSPS) is 14.1. The van der Waals surface area contributed by atoms with E-state index in [0.717, 1.165) is 30.2 Å². The van der Waals surface area contributed by atoms with Crippen LogP contribution in [-0.4, -0.2) is 39.2 Å². The summed E-state index contributed by atoms with van der Waals surface area (Å²) in [6.07, 6.45) is 5.29. The predicted molar refractivity (Wildman–Crippen MR) is 104 cm³/mol. The minimum absolute atomic E-state index is 0.195. The molecule has 0 atom stereocenters. The van der Waals surface area contributed by atoms with Crippen molar-refractivity contribution in [2.24, 2.45) is 0 Å². The third-order valence-corrected chi connectivity index (χ3v) is 4.74. The summed E-state index contributed by atoms with van der Waals surface area (Å²) in [7, 11) is 0. The Morgan fingerprint density at radius 2 is 1.89 bits per heavy atom. The first-order valence-electron chi connectivity index (χ1n) is 9.44. The second-order valence-corrected chi connectivity index (χ2v) is 6.78. The third-order valence-electron chi connectivity index (χ3n) is 4.74. The highest BCUT2D eigenvalue weighted by Crippen LogP contribution is 2.23. The van der Waals surface area contributed by atoms with Crippen LogP contribution in [0.15, 0.2) is 41.1 Å². The number of nitrogens with zero attached hydrogens (tertiary/aromatic N) is 5. The number of piperidine rings is 1. The average Bonchev–Trinajstić information content (AvgIpc) is 3.18. The van der Waals surface area contributed by atoms with Crippen LogP contribution in [0.2, 0.25) is 0 Å². The Bertz CT molecular complexity index is 947. The van der Waals surface area contributed by atoms with E-state index < -0.39 is 0 Å².